The molecule has 18 heavy (non-hydrogen) atoms. The third-order valence-corrected chi connectivity index (χ3v) is 1.99. The molecule has 0 unspecified atom stereocenters. The van der Waals surface area contributed by atoms with Gasteiger partial charge >= 0.3 is 12.1 Å². The Balaban J connectivity index is 2.36. The molecule has 2 rings (SSSR count). The van der Waals surface area contributed by atoms with Gasteiger partial charge in [0.25, 0.3) is 0 Å². The van der Waals surface area contributed by atoms with Crippen LogP contribution in [0.25, 0.3) is 11.0 Å². The van der Waals surface area contributed by atoms with Crippen LogP contribution in [-0.2, 0) is 4.79 Å². The number of nitrogens with one attached hydrogen (secondary N) is 1. The summed E-state index contributed by atoms with van der Waals surface area (Å²) in [7, 11) is 0. The molecule has 0 atom stereocenters. The molecular formula is C10H5F3N2O3. The maximum atomic E-state index is 12.0. The van der Waals surface area contributed by atoms with Gasteiger partial charge in [0.1, 0.15) is 0 Å². The van der Waals surface area contributed by atoms with Gasteiger partial charge in [0.05, 0.1) is 17.2 Å². The largest absolute Gasteiger partial charge is 0.491 e. The molecule has 1 N–H and O–H groups in total. The molecule has 2 heterocycles. The number of pyridine rings is 2. The van der Waals surface area contributed by atoms with E-state index >= 15 is 0 Å². The fourth-order valence-electron chi connectivity index (χ4n) is 1.24. The van der Waals surface area contributed by atoms with Crippen LogP contribution in [0.2, 0.25) is 0 Å². The Labute approximate surface area is 97.2 Å². The Morgan fingerprint density at radius 3 is 2.72 bits per heavy atom. The number of nitrogens with zero attached hydrogens (tertiary/aromatic N) is 1. The normalized spacial score (nSPS) is 11.5. The summed E-state index contributed by atoms with van der Waals surface area (Å²) in [6.07, 6.45) is -4.12. The van der Waals surface area contributed by atoms with E-state index in [1.807, 2.05) is 0 Å². The second kappa shape index (κ2) is 4.13. The van der Waals surface area contributed by atoms with Crippen molar-refractivity contribution in [2.24, 2.45) is 0 Å². The number of fused-ring (bicyclic) bond motifs is 1. The van der Waals surface area contributed by atoms with Crippen molar-refractivity contribution < 1.29 is 22.7 Å². The molecule has 0 aromatic carbocycles. The Morgan fingerprint density at radius 2 is 2.06 bits per heavy atom. The van der Waals surface area contributed by atoms with Gasteiger partial charge in [-0.05, 0) is 6.07 Å². The number of esters is 1. The summed E-state index contributed by atoms with van der Waals surface area (Å²) in [6, 6.07) is 3.70. The Hall–Kier alpha value is -2.38. The molecule has 0 fully saturated rings. The quantitative estimate of drug-likeness (QED) is 0.784. The number of H-pyrrole nitrogens is 1. The van der Waals surface area contributed by atoms with Gasteiger partial charge in [-0.3, -0.25) is 9.78 Å². The number of aromatic nitrogens is 2. The molecule has 0 radical (unpaired) electrons. The smallest absolute Gasteiger partial charge is 0.418 e. The number of carbonyl (C=O) groups excluding carboxylic acids is 1. The molecular weight excluding hydrogens is 253 g/mol. The third-order valence-electron chi connectivity index (χ3n) is 1.99. The van der Waals surface area contributed by atoms with E-state index in [0.29, 0.717) is 5.52 Å². The van der Waals surface area contributed by atoms with E-state index in [9.17, 15) is 22.8 Å². The minimum atomic E-state index is -5.08. The molecule has 0 aliphatic rings. The Morgan fingerprint density at radius 1 is 1.33 bits per heavy atom. The van der Waals surface area contributed by atoms with Gasteiger partial charge in [-0.25, -0.2) is 4.79 Å². The van der Waals surface area contributed by atoms with Crippen molar-refractivity contribution in [2.45, 2.75) is 6.18 Å². The summed E-state index contributed by atoms with van der Waals surface area (Å²) in [5.41, 5.74) is 0.0972. The average Bonchev–Trinajstić information content (AvgIpc) is 2.27. The molecule has 0 bridgehead atoms. The Bertz CT molecular complexity index is 663. The molecule has 8 heteroatoms. The number of alkyl halides is 3. The fourth-order valence-corrected chi connectivity index (χ4v) is 1.24. The van der Waals surface area contributed by atoms with Crippen LogP contribution >= 0.6 is 0 Å². The SMILES string of the molecule is O=C(Oc1cnc2ccc(=O)[nH]c2c1)C(F)(F)F. The zero-order chi connectivity index (χ0) is 13.3. The van der Waals surface area contributed by atoms with Gasteiger partial charge in [0.2, 0.25) is 5.56 Å². The van der Waals surface area contributed by atoms with Crippen molar-refractivity contribution >= 4 is 17.0 Å². The number of rotatable bonds is 1. The van der Waals surface area contributed by atoms with Gasteiger partial charge < -0.3 is 9.72 Å². The first-order chi connectivity index (χ1) is 8.36. The highest BCUT2D eigenvalue weighted by Gasteiger charge is 2.41. The van der Waals surface area contributed by atoms with Gasteiger partial charge in [0, 0.05) is 12.1 Å². The van der Waals surface area contributed by atoms with E-state index in [1.165, 1.54) is 12.1 Å². The van der Waals surface area contributed by atoms with Crippen LogP contribution in [0.5, 0.6) is 5.75 Å². The number of carbonyl (C=O) groups is 1. The number of hydrogen-bond acceptors (Lipinski definition) is 4. The van der Waals surface area contributed by atoms with Gasteiger partial charge in [-0.1, -0.05) is 0 Å². The summed E-state index contributed by atoms with van der Waals surface area (Å²) in [5, 5.41) is 0. The summed E-state index contributed by atoms with van der Waals surface area (Å²) in [4.78, 5) is 27.7. The van der Waals surface area contributed by atoms with Crippen LogP contribution in [0.3, 0.4) is 0 Å². The zero-order valence-corrected chi connectivity index (χ0v) is 8.62. The second-order valence-electron chi connectivity index (χ2n) is 3.31. The van der Waals surface area contributed by atoms with E-state index in [4.69, 9.17) is 0 Å². The van der Waals surface area contributed by atoms with E-state index in [0.717, 1.165) is 12.3 Å². The zero-order valence-electron chi connectivity index (χ0n) is 8.62. The van der Waals surface area contributed by atoms with Crippen molar-refractivity contribution in [1.82, 2.24) is 9.97 Å². The van der Waals surface area contributed by atoms with Crippen LogP contribution in [-0.4, -0.2) is 22.1 Å². The van der Waals surface area contributed by atoms with Crippen LogP contribution in [0.1, 0.15) is 0 Å². The van der Waals surface area contributed by atoms with Gasteiger partial charge in [-0.2, -0.15) is 13.2 Å². The summed E-state index contributed by atoms with van der Waals surface area (Å²) in [6.45, 7) is 0. The number of hydrogen-bond donors (Lipinski definition) is 1. The second-order valence-corrected chi connectivity index (χ2v) is 3.31. The lowest BCUT2D eigenvalue weighted by Gasteiger charge is -2.06. The minimum absolute atomic E-state index is 0.176. The van der Waals surface area contributed by atoms with Crippen LogP contribution in [0, 0.1) is 0 Å². The van der Waals surface area contributed by atoms with Gasteiger partial charge in [-0.15, -0.1) is 0 Å². The van der Waals surface area contributed by atoms with E-state index in [-0.39, 0.29) is 5.52 Å². The highest BCUT2D eigenvalue weighted by atomic mass is 19.4. The monoisotopic (exact) mass is 258 g/mol. The molecule has 0 aliphatic carbocycles. The number of ether oxygens (including phenoxy) is 1. The molecule has 0 saturated carbocycles. The lowest BCUT2D eigenvalue weighted by molar-refractivity contribution is -0.189. The molecule has 0 aliphatic heterocycles. The summed E-state index contributed by atoms with van der Waals surface area (Å²) < 4.78 is 40.0. The topological polar surface area (TPSA) is 72.0 Å². The van der Waals surface area contributed by atoms with Crippen molar-refractivity contribution in [3.8, 4) is 5.75 Å². The third kappa shape index (κ3) is 2.47. The average molecular weight is 258 g/mol. The number of halogens is 3. The standard InChI is InChI=1S/C10H5F3N2O3/c11-10(12,13)9(17)18-5-3-7-6(14-4-5)1-2-8(16)15-7/h1-4H,(H,15,16). The molecule has 0 amide bonds. The van der Waals surface area contributed by atoms with Crippen molar-refractivity contribution in [2.75, 3.05) is 0 Å². The summed E-state index contributed by atoms with van der Waals surface area (Å²) >= 11 is 0. The molecule has 2 aromatic rings. The predicted molar refractivity (Wildman–Crippen MR) is 54.1 cm³/mol. The lowest BCUT2D eigenvalue weighted by atomic mass is 10.3. The first-order valence-electron chi connectivity index (χ1n) is 4.64. The maximum absolute atomic E-state index is 12.0. The van der Waals surface area contributed by atoms with Crippen molar-refractivity contribution in [1.29, 1.82) is 0 Å². The minimum Gasteiger partial charge on any atom is -0.418 e. The van der Waals surface area contributed by atoms with Crippen molar-refractivity contribution in [3.05, 3.63) is 34.7 Å². The van der Waals surface area contributed by atoms with E-state index in [1.54, 1.807) is 0 Å². The molecule has 0 spiro atoms. The first-order valence-corrected chi connectivity index (χ1v) is 4.64. The van der Waals surface area contributed by atoms with Crippen molar-refractivity contribution in [3.63, 3.8) is 0 Å². The molecule has 0 saturated heterocycles. The molecule has 2 aromatic heterocycles. The van der Waals surface area contributed by atoms with Crippen LogP contribution < -0.4 is 10.3 Å². The first kappa shape index (κ1) is 12.1. The highest BCUT2D eigenvalue weighted by Crippen LogP contribution is 2.21. The fraction of sp³-hybridized carbons (Fsp3) is 0.100. The number of aromatic amines is 1. The summed E-state index contributed by atoms with van der Waals surface area (Å²) in [5.74, 6) is -2.74. The van der Waals surface area contributed by atoms with Crippen LogP contribution in [0.15, 0.2) is 29.2 Å². The van der Waals surface area contributed by atoms with Gasteiger partial charge in [0.15, 0.2) is 5.75 Å². The Kier molecular flexibility index (Phi) is 2.77. The van der Waals surface area contributed by atoms with E-state index in [2.05, 4.69) is 14.7 Å². The lowest BCUT2D eigenvalue weighted by Crippen LogP contribution is -2.28. The molecule has 94 valence electrons. The molecule has 5 nitrogen and oxygen atoms in total. The van der Waals surface area contributed by atoms with E-state index < -0.39 is 23.5 Å². The predicted octanol–water partition coefficient (Wildman–Crippen LogP) is 1.39. The highest BCUT2D eigenvalue weighted by molar-refractivity contribution is 5.80. The van der Waals surface area contributed by atoms with Crippen LogP contribution in [0.4, 0.5) is 13.2 Å². The maximum Gasteiger partial charge on any atom is 0.491 e.